The Morgan fingerprint density at radius 3 is 2.70 bits per heavy atom. The second-order valence-electron chi connectivity index (χ2n) is 5.78. The lowest BCUT2D eigenvalue weighted by Gasteiger charge is -2.15. The quantitative estimate of drug-likeness (QED) is 0.701. The van der Waals surface area contributed by atoms with Gasteiger partial charge in [0.15, 0.2) is 4.77 Å². The van der Waals surface area contributed by atoms with Crippen LogP contribution in [0.2, 0.25) is 0 Å². The van der Waals surface area contributed by atoms with E-state index in [0.29, 0.717) is 22.9 Å². The largest absolute Gasteiger partial charge is 0.350 e. The first kappa shape index (κ1) is 17.5. The van der Waals surface area contributed by atoms with E-state index < -0.39 is 0 Å². The van der Waals surface area contributed by atoms with E-state index >= 15 is 0 Å². The van der Waals surface area contributed by atoms with Crippen LogP contribution in [0.5, 0.6) is 0 Å². The summed E-state index contributed by atoms with van der Waals surface area (Å²) in [5.74, 6) is 0.446. The van der Waals surface area contributed by atoms with Crippen LogP contribution in [0.4, 0.5) is 0 Å². The fraction of sp³-hybridized carbons (Fsp3) is 0.444. The third kappa shape index (κ3) is 4.55. The predicted octanol–water partition coefficient (Wildman–Crippen LogP) is 4.48. The predicted molar refractivity (Wildman–Crippen MR) is 96.6 cm³/mol. The van der Waals surface area contributed by atoms with Gasteiger partial charge in [0.25, 0.3) is 5.91 Å². The van der Waals surface area contributed by atoms with E-state index in [0.717, 1.165) is 18.5 Å². The summed E-state index contributed by atoms with van der Waals surface area (Å²) in [7, 11) is 0. The molecule has 0 saturated heterocycles. The number of amides is 1. The van der Waals surface area contributed by atoms with Crippen molar-refractivity contribution >= 4 is 18.1 Å². The maximum atomic E-state index is 12.5. The number of benzene rings is 1. The van der Waals surface area contributed by atoms with Crippen LogP contribution in [0.3, 0.4) is 0 Å². The Hall–Kier alpha value is -1.88. The molecular weight excluding hydrogens is 306 g/mol. The molecule has 0 radical (unpaired) electrons. The highest BCUT2D eigenvalue weighted by Gasteiger charge is 2.15. The van der Waals surface area contributed by atoms with Crippen LogP contribution in [0.1, 0.15) is 50.0 Å². The van der Waals surface area contributed by atoms with Crippen molar-refractivity contribution in [2.24, 2.45) is 5.92 Å². The first-order chi connectivity index (χ1) is 11.2. The highest BCUT2D eigenvalue weighted by atomic mass is 32.1. The average molecular weight is 331 g/mol. The monoisotopic (exact) mass is 331 g/mol. The summed E-state index contributed by atoms with van der Waals surface area (Å²) in [5, 5.41) is 3.06. The minimum absolute atomic E-state index is 0.0869. The molecule has 1 heterocycles. The number of aromatic nitrogens is 2. The Bertz CT molecular complexity index is 675. The molecule has 5 heteroatoms. The summed E-state index contributed by atoms with van der Waals surface area (Å²) < 4.78 is 2.30. The molecule has 0 aliphatic rings. The smallest absolute Gasteiger partial charge is 0.269 e. The van der Waals surface area contributed by atoms with Crippen LogP contribution in [-0.2, 0) is 0 Å². The average Bonchev–Trinajstić information content (AvgIpc) is 2.97. The minimum atomic E-state index is -0.0869. The second kappa shape index (κ2) is 8.67. The van der Waals surface area contributed by atoms with Crippen molar-refractivity contribution in [2.45, 2.75) is 39.5 Å². The van der Waals surface area contributed by atoms with Crippen molar-refractivity contribution in [3.63, 3.8) is 0 Å². The minimum Gasteiger partial charge on any atom is -0.350 e. The van der Waals surface area contributed by atoms with E-state index in [-0.39, 0.29) is 5.91 Å². The number of rotatable bonds is 8. The maximum Gasteiger partial charge on any atom is 0.269 e. The van der Waals surface area contributed by atoms with Crippen molar-refractivity contribution in [2.75, 3.05) is 6.54 Å². The molecule has 2 rings (SSSR count). The molecule has 0 aliphatic heterocycles. The third-order valence-corrected chi connectivity index (χ3v) is 4.42. The zero-order chi connectivity index (χ0) is 16.7. The van der Waals surface area contributed by atoms with Gasteiger partial charge in [-0.25, -0.2) is 0 Å². The molecule has 0 spiro atoms. The standard InChI is InChI=1S/C18H25N3OS/c1-3-5-9-14(4-2)12-19-17(22)16-13-20-18(23)21(16)15-10-7-6-8-11-15/h6-8,10-11,13-14H,3-5,9,12H2,1-2H3,(H,19,22)(H,20,23). The fourth-order valence-corrected chi connectivity index (χ4v) is 2.90. The summed E-state index contributed by atoms with van der Waals surface area (Å²) in [5.41, 5.74) is 1.44. The molecule has 4 nitrogen and oxygen atoms in total. The number of H-pyrrole nitrogens is 1. The van der Waals surface area contributed by atoms with Crippen molar-refractivity contribution in [3.8, 4) is 5.69 Å². The van der Waals surface area contributed by atoms with Gasteiger partial charge in [-0.3, -0.25) is 9.36 Å². The number of hydrogen-bond acceptors (Lipinski definition) is 2. The van der Waals surface area contributed by atoms with Gasteiger partial charge < -0.3 is 10.3 Å². The van der Waals surface area contributed by atoms with Crippen LogP contribution in [0.25, 0.3) is 5.69 Å². The number of hydrogen-bond donors (Lipinski definition) is 2. The Morgan fingerprint density at radius 2 is 2.04 bits per heavy atom. The molecule has 2 N–H and O–H groups in total. The van der Waals surface area contributed by atoms with Gasteiger partial charge in [0.1, 0.15) is 5.69 Å². The van der Waals surface area contributed by atoms with Crippen LogP contribution >= 0.6 is 12.2 Å². The Labute approximate surface area is 142 Å². The van der Waals surface area contributed by atoms with Crippen LogP contribution < -0.4 is 5.32 Å². The zero-order valence-corrected chi connectivity index (χ0v) is 14.7. The Kier molecular flexibility index (Phi) is 6.59. The SMILES string of the molecule is CCCCC(CC)CNC(=O)c1c[nH]c(=S)n1-c1ccccc1. The summed E-state index contributed by atoms with van der Waals surface area (Å²) in [6, 6.07) is 9.69. The maximum absolute atomic E-state index is 12.5. The van der Waals surface area contributed by atoms with E-state index in [9.17, 15) is 4.79 Å². The number of carbonyl (C=O) groups is 1. The molecule has 124 valence electrons. The summed E-state index contributed by atoms with van der Waals surface area (Å²) in [6.45, 7) is 5.08. The van der Waals surface area contributed by atoms with Gasteiger partial charge in [0.2, 0.25) is 0 Å². The number of para-hydroxylation sites is 1. The summed E-state index contributed by atoms with van der Waals surface area (Å²) >= 11 is 5.32. The van der Waals surface area contributed by atoms with Gasteiger partial charge in [-0.05, 0) is 36.7 Å². The van der Waals surface area contributed by atoms with Gasteiger partial charge in [-0.15, -0.1) is 0 Å². The number of nitrogens with one attached hydrogen (secondary N) is 2. The van der Waals surface area contributed by atoms with Crippen LogP contribution in [-0.4, -0.2) is 22.0 Å². The lowest BCUT2D eigenvalue weighted by Crippen LogP contribution is -2.30. The van der Waals surface area contributed by atoms with Crippen molar-refractivity contribution in [1.29, 1.82) is 0 Å². The Balaban J connectivity index is 2.10. The van der Waals surface area contributed by atoms with Gasteiger partial charge in [-0.2, -0.15) is 0 Å². The van der Waals surface area contributed by atoms with E-state index in [1.165, 1.54) is 12.8 Å². The zero-order valence-electron chi connectivity index (χ0n) is 13.8. The first-order valence-corrected chi connectivity index (χ1v) is 8.72. The molecule has 0 saturated carbocycles. The number of imidazole rings is 1. The number of carbonyl (C=O) groups excluding carboxylic acids is 1. The van der Waals surface area contributed by atoms with Gasteiger partial charge in [0.05, 0.1) is 0 Å². The first-order valence-electron chi connectivity index (χ1n) is 8.31. The normalized spacial score (nSPS) is 12.1. The number of nitrogens with zero attached hydrogens (tertiary/aromatic N) is 1. The van der Waals surface area contributed by atoms with Crippen LogP contribution in [0, 0.1) is 10.7 Å². The molecular formula is C18H25N3OS. The molecule has 0 aliphatic carbocycles. The van der Waals surface area contributed by atoms with E-state index in [1.54, 1.807) is 10.8 Å². The molecule has 0 fully saturated rings. The molecule has 2 aromatic rings. The number of unbranched alkanes of at least 4 members (excludes halogenated alkanes) is 1. The third-order valence-electron chi connectivity index (χ3n) is 4.12. The molecule has 1 atom stereocenters. The molecule has 0 bridgehead atoms. The van der Waals surface area contributed by atoms with Gasteiger partial charge in [-0.1, -0.05) is 51.3 Å². The van der Waals surface area contributed by atoms with E-state index in [2.05, 4.69) is 24.1 Å². The van der Waals surface area contributed by atoms with Gasteiger partial charge in [0, 0.05) is 18.4 Å². The lowest BCUT2D eigenvalue weighted by atomic mass is 9.99. The topological polar surface area (TPSA) is 49.8 Å². The summed E-state index contributed by atoms with van der Waals surface area (Å²) in [6.07, 6.45) is 6.32. The summed E-state index contributed by atoms with van der Waals surface area (Å²) in [4.78, 5) is 15.5. The highest BCUT2D eigenvalue weighted by Crippen LogP contribution is 2.14. The molecule has 1 aromatic heterocycles. The Morgan fingerprint density at radius 1 is 1.30 bits per heavy atom. The number of aromatic amines is 1. The van der Waals surface area contributed by atoms with Crippen LogP contribution in [0.15, 0.2) is 36.5 Å². The van der Waals surface area contributed by atoms with E-state index in [1.807, 2.05) is 30.3 Å². The molecule has 1 amide bonds. The van der Waals surface area contributed by atoms with Crippen molar-refractivity contribution < 1.29 is 4.79 Å². The molecule has 1 aromatic carbocycles. The van der Waals surface area contributed by atoms with Crippen molar-refractivity contribution in [1.82, 2.24) is 14.9 Å². The van der Waals surface area contributed by atoms with E-state index in [4.69, 9.17) is 12.2 Å². The fourth-order valence-electron chi connectivity index (χ4n) is 2.64. The van der Waals surface area contributed by atoms with Crippen molar-refractivity contribution in [3.05, 3.63) is 47.0 Å². The lowest BCUT2D eigenvalue weighted by molar-refractivity contribution is 0.0939. The molecule has 1 unspecified atom stereocenters. The van der Waals surface area contributed by atoms with Gasteiger partial charge >= 0.3 is 0 Å². The molecule has 23 heavy (non-hydrogen) atoms. The second-order valence-corrected chi connectivity index (χ2v) is 6.16. The highest BCUT2D eigenvalue weighted by molar-refractivity contribution is 7.71.